The summed E-state index contributed by atoms with van der Waals surface area (Å²) in [6, 6.07) is 16.6. The molecule has 188 valence electrons. The van der Waals surface area contributed by atoms with Crippen LogP contribution in [0.3, 0.4) is 0 Å². The minimum atomic E-state index is -4.98. The molecule has 0 saturated carbocycles. The van der Waals surface area contributed by atoms with E-state index < -0.39 is 41.1 Å². The molecular formula is C26H16F5N3O3. The van der Waals surface area contributed by atoms with Crippen LogP contribution in [0.4, 0.5) is 22.0 Å². The Kier molecular flexibility index (Phi) is 6.12. The number of ether oxygens (including phenoxy) is 1. The molecule has 0 N–H and O–H groups in total. The first-order valence-electron chi connectivity index (χ1n) is 10.8. The molecule has 1 unspecified atom stereocenters. The fourth-order valence-electron chi connectivity index (χ4n) is 3.90. The first-order valence-corrected chi connectivity index (χ1v) is 10.8. The predicted octanol–water partition coefficient (Wildman–Crippen LogP) is 6.20. The number of carbonyl (C=O) groups excluding carboxylic acids is 1. The monoisotopic (exact) mass is 513 g/mol. The molecule has 2 heterocycles. The van der Waals surface area contributed by atoms with Crippen molar-refractivity contribution >= 4 is 5.97 Å². The number of halogens is 5. The lowest BCUT2D eigenvalue weighted by molar-refractivity contribution is -0.144. The number of carbonyl (C=O) groups is 1. The van der Waals surface area contributed by atoms with Crippen LogP contribution in [0.1, 0.15) is 33.2 Å². The standard InChI is InChI=1S/C26H16F5N3O3/c27-19-12-11-17(15-20(19)28)22-21-23(26(29,30)31)32-34(18-9-5-2-6-10-18)24(21)36-14-13-33(22)37-25(35)16-7-3-1-4-8-16/h1-15,22H. The summed E-state index contributed by atoms with van der Waals surface area (Å²) in [5, 5.41) is 4.55. The van der Waals surface area contributed by atoms with Gasteiger partial charge in [0.05, 0.1) is 23.0 Å². The molecule has 1 aliphatic heterocycles. The predicted molar refractivity (Wildman–Crippen MR) is 120 cm³/mol. The molecule has 1 aromatic heterocycles. The Labute approximate surface area is 206 Å². The summed E-state index contributed by atoms with van der Waals surface area (Å²) in [7, 11) is 0. The van der Waals surface area contributed by atoms with Crippen LogP contribution in [-0.4, -0.2) is 20.8 Å². The maximum Gasteiger partial charge on any atom is 0.435 e. The van der Waals surface area contributed by atoms with Crippen LogP contribution in [0.15, 0.2) is 91.3 Å². The van der Waals surface area contributed by atoms with Crippen LogP contribution in [0.2, 0.25) is 0 Å². The van der Waals surface area contributed by atoms with Gasteiger partial charge in [-0.1, -0.05) is 42.5 Å². The fraction of sp³-hybridized carbons (Fsp3) is 0.0769. The van der Waals surface area contributed by atoms with E-state index in [9.17, 15) is 26.7 Å². The highest BCUT2D eigenvalue weighted by molar-refractivity contribution is 5.89. The van der Waals surface area contributed by atoms with Crippen LogP contribution < -0.4 is 4.74 Å². The zero-order valence-electron chi connectivity index (χ0n) is 18.7. The van der Waals surface area contributed by atoms with E-state index >= 15 is 0 Å². The summed E-state index contributed by atoms with van der Waals surface area (Å²) in [5.74, 6) is -3.74. The van der Waals surface area contributed by atoms with E-state index in [1.165, 1.54) is 24.3 Å². The van der Waals surface area contributed by atoms with Gasteiger partial charge in [0, 0.05) is 0 Å². The molecule has 11 heteroatoms. The second-order valence-electron chi connectivity index (χ2n) is 7.90. The number of rotatable bonds is 4. The quantitative estimate of drug-likeness (QED) is 0.305. The van der Waals surface area contributed by atoms with Crippen molar-refractivity contribution in [3.63, 3.8) is 0 Å². The lowest BCUT2D eigenvalue weighted by Crippen LogP contribution is -2.29. The Balaban J connectivity index is 1.72. The van der Waals surface area contributed by atoms with Crippen molar-refractivity contribution < 1.29 is 36.3 Å². The van der Waals surface area contributed by atoms with Crippen molar-refractivity contribution in [1.82, 2.24) is 14.8 Å². The molecule has 0 bridgehead atoms. The van der Waals surface area contributed by atoms with Crippen molar-refractivity contribution in [2.24, 2.45) is 0 Å². The number of hydroxylamine groups is 2. The average molecular weight is 513 g/mol. The Morgan fingerprint density at radius 2 is 1.59 bits per heavy atom. The molecule has 0 saturated heterocycles. The van der Waals surface area contributed by atoms with Gasteiger partial charge in [-0.3, -0.25) is 0 Å². The lowest BCUT2D eigenvalue weighted by atomic mass is 9.97. The number of hydrogen-bond acceptors (Lipinski definition) is 5. The number of alkyl halides is 3. The van der Waals surface area contributed by atoms with Gasteiger partial charge in [-0.15, -0.1) is 0 Å². The SMILES string of the molecule is O=C(ON1C=COc2c(c(C(F)(F)F)nn2-c2ccccc2)C1c1ccc(F)c(F)c1)c1ccccc1. The van der Waals surface area contributed by atoms with E-state index in [-0.39, 0.29) is 22.7 Å². The van der Waals surface area contributed by atoms with Crippen LogP contribution >= 0.6 is 0 Å². The van der Waals surface area contributed by atoms with Gasteiger partial charge in [0.25, 0.3) is 0 Å². The van der Waals surface area contributed by atoms with E-state index in [1.54, 1.807) is 36.4 Å². The second kappa shape index (κ2) is 9.41. The molecule has 0 fully saturated rings. The van der Waals surface area contributed by atoms with Crippen LogP contribution in [0.5, 0.6) is 5.88 Å². The zero-order valence-corrected chi connectivity index (χ0v) is 18.7. The van der Waals surface area contributed by atoms with Gasteiger partial charge in [0.15, 0.2) is 17.3 Å². The molecule has 1 atom stereocenters. The van der Waals surface area contributed by atoms with E-state index in [2.05, 4.69) is 5.10 Å². The number of nitrogens with zero attached hydrogens (tertiary/aromatic N) is 3. The molecule has 6 nitrogen and oxygen atoms in total. The Bertz CT molecular complexity index is 1470. The number of fused-ring (bicyclic) bond motifs is 1. The van der Waals surface area contributed by atoms with E-state index in [1.807, 2.05) is 0 Å². The largest absolute Gasteiger partial charge is 0.445 e. The van der Waals surface area contributed by atoms with Gasteiger partial charge < -0.3 is 9.57 Å². The summed E-state index contributed by atoms with van der Waals surface area (Å²) in [5.41, 5.74) is -1.70. The van der Waals surface area contributed by atoms with Gasteiger partial charge >= 0.3 is 12.1 Å². The molecule has 3 aromatic carbocycles. The van der Waals surface area contributed by atoms with Crippen molar-refractivity contribution in [3.05, 3.63) is 125 Å². The Morgan fingerprint density at radius 1 is 0.919 bits per heavy atom. The Hall–Kier alpha value is -4.67. The highest BCUT2D eigenvalue weighted by Crippen LogP contribution is 2.46. The topological polar surface area (TPSA) is 56.6 Å². The van der Waals surface area contributed by atoms with Gasteiger partial charge in [-0.05, 0) is 42.0 Å². The molecule has 0 amide bonds. The summed E-state index contributed by atoms with van der Waals surface area (Å²) in [6.45, 7) is 0. The summed E-state index contributed by atoms with van der Waals surface area (Å²) in [4.78, 5) is 18.3. The normalized spacial score (nSPS) is 15.1. The van der Waals surface area contributed by atoms with Gasteiger partial charge in [0.2, 0.25) is 5.88 Å². The van der Waals surface area contributed by atoms with Crippen molar-refractivity contribution in [3.8, 4) is 11.6 Å². The zero-order chi connectivity index (χ0) is 26.2. The van der Waals surface area contributed by atoms with Gasteiger partial charge in [-0.2, -0.15) is 28.0 Å². The Morgan fingerprint density at radius 3 is 2.24 bits per heavy atom. The molecule has 37 heavy (non-hydrogen) atoms. The van der Waals surface area contributed by atoms with E-state index in [0.29, 0.717) is 0 Å². The van der Waals surface area contributed by atoms with Crippen molar-refractivity contribution in [1.29, 1.82) is 0 Å². The summed E-state index contributed by atoms with van der Waals surface area (Å²) in [6.07, 6.45) is -2.88. The van der Waals surface area contributed by atoms with Crippen LogP contribution in [0.25, 0.3) is 5.69 Å². The highest BCUT2D eigenvalue weighted by atomic mass is 19.4. The molecule has 0 radical (unpaired) electrons. The molecule has 4 aromatic rings. The van der Waals surface area contributed by atoms with Crippen LogP contribution in [0, 0.1) is 11.6 Å². The smallest absolute Gasteiger partial charge is 0.435 e. The second-order valence-corrected chi connectivity index (χ2v) is 7.90. The third-order valence-electron chi connectivity index (χ3n) is 5.52. The summed E-state index contributed by atoms with van der Waals surface area (Å²) >= 11 is 0. The molecule has 0 spiro atoms. The maximum absolute atomic E-state index is 14.3. The third-order valence-corrected chi connectivity index (χ3v) is 5.52. The van der Waals surface area contributed by atoms with Gasteiger partial charge in [-0.25, -0.2) is 13.6 Å². The van der Waals surface area contributed by atoms with Crippen molar-refractivity contribution in [2.45, 2.75) is 12.2 Å². The minimum Gasteiger partial charge on any atom is -0.445 e. The molecule has 1 aliphatic rings. The van der Waals surface area contributed by atoms with Gasteiger partial charge in [0.1, 0.15) is 12.3 Å². The molecule has 0 aliphatic carbocycles. The number of para-hydroxylation sites is 1. The first-order chi connectivity index (χ1) is 17.7. The lowest BCUT2D eigenvalue weighted by Gasteiger charge is -2.28. The van der Waals surface area contributed by atoms with E-state index in [0.717, 1.165) is 40.4 Å². The summed E-state index contributed by atoms with van der Waals surface area (Å²) < 4.78 is 77.5. The number of aromatic nitrogens is 2. The van der Waals surface area contributed by atoms with Crippen LogP contribution in [-0.2, 0) is 11.0 Å². The number of hydrogen-bond donors (Lipinski definition) is 0. The molecular weight excluding hydrogens is 497 g/mol. The maximum atomic E-state index is 14.3. The first kappa shape index (κ1) is 24.0. The molecule has 5 rings (SSSR count). The average Bonchev–Trinajstić information content (AvgIpc) is 3.17. The minimum absolute atomic E-state index is 0.112. The highest BCUT2D eigenvalue weighted by Gasteiger charge is 2.45. The fourth-order valence-corrected chi connectivity index (χ4v) is 3.90. The number of benzene rings is 3. The van der Waals surface area contributed by atoms with Crippen molar-refractivity contribution in [2.75, 3.05) is 0 Å². The third kappa shape index (κ3) is 4.63. The van der Waals surface area contributed by atoms with E-state index in [4.69, 9.17) is 9.57 Å².